The molecule has 1 atom stereocenters. The van der Waals surface area contributed by atoms with Gasteiger partial charge in [-0.2, -0.15) is 8.42 Å². The van der Waals surface area contributed by atoms with E-state index in [-0.39, 0.29) is 0 Å². The normalized spacial score (nSPS) is 11.1. The minimum Gasteiger partial charge on any atom is -0.261 e. The molecular formula is C4H6N2O6PS+. The summed E-state index contributed by atoms with van der Waals surface area (Å²) >= 11 is 0. The van der Waals surface area contributed by atoms with E-state index in [9.17, 15) is 13.0 Å². The SMILES string of the molecule is O=[P+](O)OS(=O)(=O)O.c1cncnc1. The highest BCUT2D eigenvalue weighted by atomic mass is 32.3. The Labute approximate surface area is 80.5 Å². The first-order valence-corrected chi connectivity index (χ1v) is 5.44. The lowest BCUT2D eigenvalue weighted by atomic mass is 10.7. The fourth-order valence-electron chi connectivity index (χ4n) is 0.334. The summed E-state index contributed by atoms with van der Waals surface area (Å²) in [5.41, 5.74) is 0. The van der Waals surface area contributed by atoms with Crippen molar-refractivity contribution in [2.24, 2.45) is 0 Å². The van der Waals surface area contributed by atoms with E-state index < -0.39 is 18.7 Å². The van der Waals surface area contributed by atoms with E-state index in [0.29, 0.717) is 0 Å². The Bertz CT molecular complexity index is 340. The molecule has 0 aliphatic rings. The minimum absolute atomic E-state index is 1.50. The summed E-state index contributed by atoms with van der Waals surface area (Å²) in [6, 6.07) is 1.78. The lowest BCUT2D eigenvalue weighted by Crippen LogP contribution is -1.95. The molecule has 1 aromatic rings. The van der Waals surface area contributed by atoms with Gasteiger partial charge in [0.15, 0.2) is 0 Å². The molecule has 0 fully saturated rings. The highest BCUT2D eigenvalue weighted by Crippen LogP contribution is 2.16. The molecule has 0 aromatic carbocycles. The van der Waals surface area contributed by atoms with Gasteiger partial charge in [-0.25, -0.2) is 9.97 Å². The van der Waals surface area contributed by atoms with Gasteiger partial charge in [0.1, 0.15) is 6.33 Å². The molecule has 0 aliphatic heterocycles. The molecule has 1 unspecified atom stereocenters. The second kappa shape index (κ2) is 6.46. The molecule has 0 aliphatic carbocycles. The molecule has 14 heavy (non-hydrogen) atoms. The van der Waals surface area contributed by atoms with Crippen LogP contribution in [-0.4, -0.2) is 27.8 Å². The Morgan fingerprint density at radius 3 is 1.86 bits per heavy atom. The Hall–Kier alpha value is -0.990. The van der Waals surface area contributed by atoms with Crippen LogP contribution in [0.15, 0.2) is 24.8 Å². The summed E-state index contributed by atoms with van der Waals surface area (Å²) in [5.74, 6) is 0. The zero-order valence-corrected chi connectivity index (χ0v) is 8.30. The first kappa shape index (κ1) is 13.0. The van der Waals surface area contributed by atoms with Crippen LogP contribution in [0.1, 0.15) is 0 Å². The van der Waals surface area contributed by atoms with Gasteiger partial charge >= 0.3 is 18.7 Å². The first-order valence-electron chi connectivity index (χ1n) is 2.95. The fraction of sp³-hybridized carbons (Fsp3) is 0. The lowest BCUT2D eigenvalue weighted by Gasteiger charge is -1.74. The summed E-state index contributed by atoms with van der Waals surface area (Å²) in [5, 5.41) is 0. The van der Waals surface area contributed by atoms with E-state index in [4.69, 9.17) is 9.45 Å². The second-order valence-corrected chi connectivity index (χ2v) is 3.57. The van der Waals surface area contributed by atoms with Crippen molar-refractivity contribution >= 4 is 18.7 Å². The van der Waals surface area contributed by atoms with Gasteiger partial charge in [0.2, 0.25) is 0 Å². The van der Waals surface area contributed by atoms with Crippen molar-refractivity contribution in [3.05, 3.63) is 24.8 Å². The van der Waals surface area contributed by atoms with Gasteiger partial charge in [-0.05, 0) is 6.07 Å². The monoisotopic (exact) mass is 241 g/mol. The van der Waals surface area contributed by atoms with Crippen LogP contribution in [-0.2, 0) is 18.9 Å². The molecule has 0 bridgehead atoms. The highest BCUT2D eigenvalue weighted by molar-refractivity contribution is 7.84. The zero-order chi connectivity index (χ0) is 11.0. The van der Waals surface area contributed by atoms with Gasteiger partial charge in [-0.3, -0.25) is 4.55 Å². The number of hydrogen-bond acceptors (Lipinski definition) is 6. The van der Waals surface area contributed by atoms with Crippen LogP contribution in [0.4, 0.5) is 0 Å². The fourth-order valence-corrected chi connectivity index (χ4v) is 0.979. The van der Waals surface area contributed by atoms with E-state index in [2.05, 4.69) is 13.9 Å². The molecule has 10 heteroatoms. The third-order valence-corrected chi connectivity index (χ3v) is 1.90. The maximum Gasteiger partial charge on any atom is 0.714 e. The quantitative estimate of drug-likeness (QED) is 0.544. The van der Waals surface area contributed by atoms with Crippen molar-refractivity contribution in [3.8, 4) is 0 Å². The molecule has 1 rings (SSSR count). The smallest absolute Gasteiger partial charge is 0.261 e. The second-order valence-electron chi connectivity index (χ2n) is 1.64. The van der Waals surface area contributed by atoms with E-state index in [1.54, 1.807) is 18.5 Å². The Kier molecular flexibility index (Phi) is 6.00. The van der Waals surface area contributed by atoms with Crippen molar-refractivity contribution < 1.29 is 26.4 Å². The summed E-state index contributed by atoms with van der Waals surface area (Å²) in [4.78, 5) is 15.0. The van der Waals surface area contributed by atoms with Gasteiger partial charge in [0.25, 0.3) is 0 Å². The molecule has 78 valence electrons. The third kappa shape index (κ3) is 11.0. The predicted molar refractivity (Wildman–Crippen MR) is 44.5 cm³/mol. The average molecular weight is 241 g/mol. The molecule has 0 saturated heterocycles. The lowest BCUT2D eigenvalue weighted by molar-refractivity contribution is 0.356. The van der Waals surface area contributed by atoms with Gasteiger partial charge in [0.05, 0.1) is 0 Å². The Balaban J connectivity index is 0.000000249. The van der Waals surface area contributed by atoms with Crippen LogP contribution in [0.5, 0.6) is 0 Å². The molecule has 1 aromatic heterocycles. The number of aromatic nitrogens is 2. The van der Waals surface area contributed by atoms with E-state index >= 15 is 0 Å². The van der Waals surface area contributed by atoms with Gasteiger partial charge in [-0.1, -0.05) is 0 Å². The summed E-state index contributed by atoms with van der Waals surface area (Å²) in [7, 11) is -8.03. The number of hydrogen-bond donors (Lipinski definition) is 2. The average Bonchev–Trinajstić information content (AvgIpc) is 2.03. The maximum absolute atomic E-state index is 9.43. The van der Waals surface area contributed by atoms with E-state index in [1.165, 1.54) is 6.33 Å². The maximum atomic E-state index is 9.43. The van der Waals surface area contributed by atoms with Crippen molar-refractivity contribution in [1.29, 1.82) is 0 Å². The summed E-state index contributed by atoms with van der Waals surface area (Å²) in [6.45, 7) is 0. The number of nitrogens with zero attached hydrogens (tertiary/aromatic N) is 2. The highest BCUT2D eigenvalue weighted by Gasteiger charge is 2.23. The van der Waals surface area contributed by atoms with Crippen LogP contribution in [0, 0.1) is 0 Å². The van der Waals surface area contributed by atoms with Crippen molar-refractivity contribution in [1.82, 2.24) is 9.97 Å². The zero-order valence-electron chi connectivity index (χ0n) is 6.59. The molecule has 0 saturated carbocycles. The third-order valence-electron chi connectivity index (χ3n) is 0.636. The van der Waals surface area contributed by atoms with Crippen LogP contribution >= 0.6 is 8.25 Å². The Morgan fingerprint density at radius 2 is 1.79 bits per heavy atom. The van der Waals surface area contributed by atoms with Crippen LogP contribution in [0.3, 0.4) is 0 Å². The number of rotatable bonds is 2. The van der Waals surface area contributed by atoms with Gasteiger partial charge in [0, 0.05) is 20.9 Å². The van der Waals surface area contributed by atoms with Crippen LogP contribution in [0.25, 0.3) is 0 Å². The predicted octanol–water partition coefficient (Wildman–Crippen LogP) is -0.0679. The molecule has 2 N–H and O–H groups in total. The topological polar surface area (TPSA) is 127 Å². The van der Waals surface area contributed by atoms with Crippen molar-refractivity contribution in [2.75, 3.05) is 0 Å². The largest absolute Gasteiger partial charge is 0.714 e. The summed E-state index contributed by atoms with van der Waals surface area (Å²) < 4.78 is 38.9. The van der Waals surface area contributed by atoms with Gasteiger partial charge < -0.3 is 0 Å². The Morgan fingerprint density at radius 1 is 1.29 bits per heavy atom. The molecule has 8 nitrogen and oxygen atoms in total. The standard InChI is InChI=1S/C4H4N2.HO6PS/c1-2-5-4-6-3-1;1-7(2)6-8(3,4)5/h1-4H;(H-,1,2,3,4,5)/p+1. The molecule has 0 radical (unpaired) electrons. The molecule has 0 amide bonds. The molecule has 1 heterocycles. The van der Waals surface area contributed by atoms with E-state index in [0.717, 1.165) is 0 Å². The molecule has 0 spiro atoms. The minimum atomic E-state index is -4.76. The molecular weight excluding hydrogens is 235 g/mol. The van der Waals surface area contributed by atoms with Crippen molar-refractivity contribution in [2.45, 2.75) is 0 Å². The first-order chi connectivity index (χ1) is 6.42. The van der Waals surface area contributed by atoms with Crippen LogP contribution in [0.2, 0.25) is 0 Å². The van der Waals surface area contributed by atoms with Crippen LogP contribution < -0.4 is 0 Å². The summed E-state index contributed by atoms with van der Waals surface area (Å²) in [6.07, 6.45) is 4.88. The van der Waals surface area contributed by atoms with Gasteiger partial charge in [-0.15, -0.1) is 4.89 Å². The van der Waals surface area contributed by atoms with E-state index in [1.807, 2.05) is 0 Å². The van der Waals surface area contributed by atoms with Crippen molar-refractivity contribution in [3.63, 3.8) is 0 Å².